The molecule has 9 aromatic carbocycles. The van der Waals surface area contributed by atoms with E-state index in [1.807, 2.05) is 29.5 Å². The topological polar surface area (TPSA) is 51.8 Å². The second-order valence-corrected chi connectivity index (χ2v) is 16.6. The van der Waals surface area contributed by atoms with Crippen molar-refractivity contribution < 1.29 is 4.42 Å². The van der Waals surface area contributed by atoms with Gasteiger partial charge in [0.05, 0.1) is 0 Å². The van der Waals surface area contributed by atoms with Gasteiger partial charge in [0.1, 0.15) is 11.2 Å². The van der Waals surface area contributed by atoms with Crippen LogP contribution in [0.1, 0.15) is 0 Å². The summed E-state index contributed by atoms with van der Waals surface area (Å²) in [6, 6.07) is 74.4. The molecule has 0 aliphatic heterocycles. The maximum atomic E-state index is 6.78. The van der Waals surface area contributed by atoms with Crippen molar-refractivity contribution in [1.82, 2.24) is 15.0 Å². The summed E-state index contributed by atoms with van der Waals surface area (Å²) in [5.74, 6) is 1.84. The Hall–Kier alpha value is -7.99. The van der Waals surface area contributed by atoms with Gasteiger partial charge >= 0.3 is 0 Å². The highest BCUT2D eigenvalue weighted by Crippen LogP contribution is 2.46. The number of hydrogen-bond acceptors (Lipinski definition) is 5. The predicted octanol–water partition coefficient (Wildman–Crippen LogP) is 15.8. The average Bonchev–Trinajstić information content (AvgIpc) is 3.94. The van der Waals surface area contributed by atoms with Crippen LogP contribution >= 0.6 is 11.3 Å². The zero-order valence-corrected chi connectivity index (χ0v) is 34.2. The van der Waals surface area contributed by atoms with Gasteiger partial charge in [0.25, 0.3) is 0 Å². The summed E-state index contributed by atoms with van der Waals surface area (Å²) >= 11 is 1.84. The molecule has 12 rings (SSSR count). The minimum absolute atomic E-state index is 0.604. The molecule has 0 N–H and O–H groups in total. The number of fused-ring (bicyclic) bond motifs is 6. The molecule has 0 spiro atoms. The van der Waals surface area contributed by atoms with E-state index in [2.05, 4.69) is 194 Å². The second kappa shape index (κ2) is 14.9. The fraction of sp³-hybridized carbons (Fsp3) is 0. The van der Waals surface area contributed by atoms with E-state index in [9.17, 15) is 0 Å². The first-order chi connectivity index (χ1) is 30.7. The molecule has 0 saturated carbocycles. The molecule has 0 amide bonds. The van der Waals surface area contributed by atoms with Crippen LogP contribution in [-0.2, 0) is 0 Å². The third kappa shape index (κ3) is 6.26. The molecule has 0 saturated heterocycles. The fourth-order valence-corrected chi connectivity index (χ4v) is 9.91. The minimum atomic E-state index is 0.604. The van der Waals surface area contributed by atoms with E-state index in [1.165, 1.54) is 25.7 Å². The molecule has 3 aromatic heterocycles. The van der Waals surface area contributed by atoms with Crippen LogP contribution in [0.2, 0.25) is 0 Å². The maximum absolute atomic E-state index is 6.78. The van der Waals surface area contributed by atoms with Crippen molar-refractivity contribution in [2.24, 2.45) is 0 Å². The number of para-hydroxylation sites is 1. The Bertz CT molecular complexity index is 3530. The standard InChI is InChI=1S/C57H35N3OS/c1-3-14-36(15-4-1)40-18-11-20-42(34-40)56-58-55(59-57(60-56)43-21-12-19-41(35-43)37-16-5-2-6-17-37)39-30-28-38(29-31-39)44-32-33-46(53-47-22-7-9-25-49(47)61-54(44)53)45-24-13-27-51-52(45)48-23-8-10-26-50(48)62-51/h1-35H. The molecular weight excluding hydrogens is 775 g/mol. The molecule has 0 aliphatic carbocycles. The molecule has 0 atom stereocenters. The van der Waals surface area contributed by atoms with Gasteiger partial charge in [0.2, 0.25) is 0 Å². The zero-order chi connectivity index (χ0) is 41.0. The minimum Gasteiger partial charge on any atom is -0.455 e. The summed E-state index contributed by atoms with van der Waals surface area (Å²) in [6.45, 7) is 0. The first-order valence-corrected chi connectivity index (χ1v) is 21.6. The Balaban J connectivity index is 0.987. The lowest BCUT2D eigenvalue weighted by Gasteiger charge is -2.12. The summed E-state index contributed by atoms with van der Waals surface area (Å²) in [7, 11) is 0. The molecule has 62 heavy (non-hydrogen) atoms. The third-order valence-electron chi connectivity index (χ3n) is 11.8. The lowest BCUT2D eigenvalue weighted by molar-refractivity contribution is 0.670. The predicted molar refractivity (Wildman–Crippen MR) is 258 cm³/mol. The van der Waals surface area contributed by atoms with Crippen molar-refractivity contribution in [3.63, 3.8) is 0 Å². The normalized spacial score (nSPS) is 11.5. The number of thiophene rings is 1. The Kier molecular flexibility index (Phi) is 8.65. The van der Waals surface area contributed by atoms with Crippen LogP contribution in [0.15, 0.2) is 217 Å². The van der Waals surface area contributed by atoms with Crippen molar-refractivity contribution >= 4 is 53.4 Å². The van der Waals surface area contributed by atoms with Crippen molar-refractivity contribution in [1.29, 1.82) is 0 Å². The van der Waals surface area contributed by atoms with E-state index in [1.54, 1.807) is 0 Å². The van der Waals surface area contributed by atoms with Crippen LogP contribution in [0.4, 0.5) is 0 Å². The number of rotatable bonds is 7. The number of furan rings is 1. The van der Waals surface area contributed by atoms with Gasteiger partial charge in [-0.1, -0.05) is 176 Å². The van der Waals surface area contributed by atoms with Crippen LogP contribution in [0.25, 0.3) is 121 Å². The quantitative estimate of drug-likeness (QED) is 0.161. The number of hydrogen-bond donors (Lipinski definition) is 0. The lowest BCUT2D eigenvalue weighted by Crippen LogP contribution is -2.00. The van der Waals surface area contributed by atoms with E-state index in [-0.39, 0.29) is 0 Å². The molecule has 0 fully saturated rings. The SMILES string of the molecule is c1ccc(-c2cccc(-c3nc(-c4ccc(-c5ccc(-c6cccc7sc8ccccc8c67)c6c5oc5ccccc56)cc4)nc(-c4cccc(-c5ccccc5)c4)n3)c2)cc1. The van der Waals surface area contributed by atoms with Gasteiger partial charge in [0, 0.05) is 53.2 Å². The van der Waals surface area contributed by atoms with Gasteiger partial charge in [-0.25, -0.2) is 15.0 Å². The van der Waals surface area contributed by atoms with Crippen LogP contribution < -0.4 is 0 Å². The molecule has 0 aliphatic rings. The Morgan fingerprint density at radius 2 is 0.790 bits per heavy atom. The van der Waals surface area contributed by atoms with Crippen LogP contribution in [0.5, 0.6) is 0 Å². The molecule has 290 valence electrons. The molecule has 5 heteroatoms. The van der Waals surface area contributed by atoms with Crippen LogP contribution in [0.3, 0.4) is 0 Å². The lowest BCUT2D eigenvalue weighted by atomic mass is 9.92. The Labute approximate surface area is 362 Å². The van der Waals surface area contributed by atoms with Gasteiger partial charge in [-0.3, -0.25) is 0 Å². The molecule has 12 aromatic rings. The van der Waals surface area contributed by atoms with E-state index < -0.39 is 0 Å². The second-order valence-electron chi connectivity index (χ2n) is 15.5. The number of aromatic nitrogens is 3. The van der Waals surface area contributed by atoms with E-state index in [0.29, 0.717) is 17.5 Å². The number of benzene rings is 9. The summed E-state index contributed by atoms with van der Waals surface area (Å²) in [6.07, 6.45) is 0. The summed E-state index contributed by atoms with van der Waals surface area (Å²) in [4.78, 5) is 15.4. The Morgan fingerprint density at radius 1 is 0.306 bits per heavy atom. The molecule has 0 bridgehead atoms. The largest absolute Gasteiger partial charge is 0.455 e. The first-order valence-electron chi connectivity index (χ1n) is 20.8. The maximum Gasteiger partial charge on any atom is 0.164 e. The average molecular weight is 810 g/mol. The summed E-state index contributed by atoms with van der Waals surface area (Å²) in [5, 5.41) is 4.78. The van der Waals surface area contributed by atoms with Crippen LogP contribution in [-0.4, -0.2) is 15.0 Å². The highest BCUT2D eigenvalue weighted by Gasteiger charge is 2.21. The molecule has 0 radical (unpaired) electrons. The highest BCUT2D eigenvalue weighted by molar-refractivity contribution is 7.25. The molecular formula is C57H35N3OS. The highest BCUT2D eigenvalue weighted by atomic mass is 32.1. The third-order valence-corrected chi connectivity index (χ3v) is 12.9. The summed E-state index contributed by atoms with van der Waals surface area (Å²) < 4.78 is 9.35. The van der Waals surface area contributed by atoms with Crippen molar-refractivity contribution in [2.75, 3.05) is 0 Å². The van der Waals surface area contributed by atoms with Crippen molar-refractivity contribution in [3.8, 4) is 78.7 Å². The number of nitrogens with zero attached hydrogens (tertiary/aromatic N) is 3. The van der Waals surface area contributed by atoms with E-state index in [0.717, 1.165) is 77.6 Å². The van der Waals surface area contributed by atoms with Crippen molar-refractivity contribution in [3.05, 3.63) is 212 Å². The smallest absolute Gasteiger partial charge is 0.164 e. The first kappa shape index (κ1) is 35.9. The van der Waals surface area contributed by atoms with Crippen LogP contribution in [0, 0.1) is 0 Å². The van der Waals surface area contributed by atoms with Gasteiger partial charge in [0.15, 0.2) is 17.5 Å². The Morgan fingerprint density at radius 3 is 1.47 bits per heavy atom. The van der Waals surface area contributed by atoms with E-state index in [4.69, 9.17) is 19.4 Å². The fourth-order valence-electron chi connectivity index (χ4n) is 8.78. The molecule has 4 nitrogen and oxygen atoms in total. The van der Waals surface area contributed by atoms with Gasteiger partial charge < -0.3 is 4.42 Å². The van der Waals surface area contributed by atoms with Crippen molar-refractivity contribution in [2.45, 2.75) is 0 Å². The van der Waals surface area contributed by atoms with Gasteiger partial charge in [-0.2, -0.15) is 0 Å². The zero-order valence-electron chi connectivity index (χ0n) is 33.4. The van der Waals surface area contributed by atoms with Gasteiger partial charge in [-0.05, 0) is 75.3 Å². The van der Waals surface area contributed by atoms with Gasteiger partial charge in [-0.15, -0.1) is 11.3 Å². The monoisotopic (exact) mass is 809 g/mol. The van der Waals surface area contributed by atoms with E-state index >= 15 is 0 Å². The molecule has 0 unspecified atom stereocenters. The molecule has 3 heterocycles. The summed E-state index contributed by atoms with van der Waals surface area (Å²) in [5.41, 5.74) is 13.4.